The molecule has 82 valence electrons. The Hall–Kier alpha value is -1.36. The van der Waals surface area contributed by atoms with Crippen LogP contribution in [-0.4, -0.2) is 15.3 Å². The van der Waals surface area contributed by atoms with Gasteiger partial charge in [0.05, 0.1) is 11.9 Å². The van der Waals surface area contributed by atoms with Crippen LogP contribution in [-0.2, 0) is 4.79 Å². The van der Waals surface area contributed by atoms with E-state index in [2.05, 4.69) is 26.2 Å². The smallest absolute Gasteiger partial charge is 0.227 e. The Bertz CT molecular complexity index is 559. The minimum absolute atomic E-state index is 0.121. The largest absolute Gasteiger partial charge is 0.325 e. The number of nitrogens with zero attached hydrogens (tertiary/aromatic N) is 2. The molecule has 1 aliphatic carbocycles. The average molecular weight is 280 g/mol. The zero-order valence-corrected chi connectivity index (χ0v) is 10.1. The Kier molecular flexibility index (Phi) is 2.21. The highest BCUT2D eigenvalue weighted by molar-refractivity contribution is 9.10. The number of hydrogen-bond donors (Lipinski definition) is 1. The lowest BCUT2D eigenvalue weighted by molar-refractivity contribution is -0.117. The van der Waals surface area contributed by atoms with Crippen molar-refractivity contribution in [2.24, 2.45) is 5.92 Å². The molecule has 1 aliphatic rings. The van der Waals surface area contributed by atoms with Gasteiger partial charge in [-0.15, -0.1) is 0 Å². The molecule has 0 unspecified atom stereocenters. The van der Waals surface area contributed by atoms with Crippen LogP contribution < -0.4 is 5.32 Å². The summed E-state index contributed by atoms with van der Waals surface area (Å²) in [4.78, 5) is 15.8. The lowest BCUT2D eigenvalue weighted by Crippen LogP contribution is -2.13. The van der Waals surface area contributed by atoms with Crippen molar-refractivity contribution in [1.29, 1.82) is 0 Å². The molecule has 0 bridgehead atoms. The van der Waals surface area contributed by atoms with Crippen molar-refractivity contribution in [2.45, 2.75) is 12.8 Å². The van der Waals surface area contributed by atoms with Gasteiger partial charge in [0.2, 0.25) is 5.91 Å². The Labute approximate surface area is 101 Å². The van der Waals surface area contributed by atoms with Gasteiger partial charge in [-0.1, -0.05) is 0 Å². The number of carbonyl (C=O) groups excluding carboxylic acids is 1. The molecule has 2 heterocycles. The Balaban J connectivity index is 1.91. The number of amides is 1. The van der Waals surface area contributed by atoms with Crippen LogP contribution >= 0.6 is 15.9 Å². The predicted octanol–water partition coefficient (Wildman–Crippen LogP) is 2.45. The van der Waals surface area contributed by atoms with Crippen LogP contribution in [0.15, 0.2) is 29.1 Å². The molecular formula is C11H10BrN3O. The van der Waals surface area contributed by atoms with Crippen LogP contribution in [0.5, 0.6) is 0 Å². The highest BCUT2D eigenvalue weighted by Gasteiger charge is 2.29. The number of imidazole rings is 1. The third-order valence-corrected chi connectivity index (χ3v) is 3.26. The molecule has 4 nitrogen and oxygen atoms in total. The van der Waals surface area contributed by atoms with Crippen LogP contribution in [0.25, 0.3) is 5.65 Å². The normalized spacial score (nSPS) is 15.3. The van der Waals surface area contributed by atoms with Gasteiger partial charge >= 0.3 is 0 Å². The first kappa shape index (κ1) is 9.84. The van der Waals surface area contributed by atoms with E-state index in [0.717, 1.165) is 28.8 Å². The van der Waals surface area contributed by atoms with Crippen molar-refractivity contribution in [3.8, 4) is 0 Å². The zero-order chi connectivity index (χ0) is 11.1. The van der Waals surface area contributed by atoms with Crippen molar-refractivity contribution in [2.75, 3.05) is 5.32 Å². The number of anilines is 1. The summed E-state index contributed by atoms with van der Waals surface area (Å²) in [6.45, 7) is 0. The molecule has 0 saturated heterocycles. The maximum atomic E-state index is 11.6. The molecule has 0 spiro atoms. The lowest BCUT2D eigenvalue weighted by Gasteiger charge is -2.04. The Morgan fingerprint density at radius 2 is 2.31 bits per heavy atom. The topological polar surface area (TPSA) is 46.4 Å². The number of carbonyl (C=O) groups is 1. The summed E-state index contributed by atoms with van der Waals surface area (Å²) < 4.78 is 2.77. The number of rotatable bonds is 2. The number of hydrogen-bond acceptors (Lipinski definition) is 2. The fourth-order valence-corrected chi connectivity index (χ4v) is 2.00. The summed E-state index contributed by atoms with van der Waals surface area (Å²) in [7, 11) is 0. The number of halogens is 1. The summed E-state index contributed by atoms with van der Waals surface area (Å²) in [5.74, 6) is 0.345. The molecule has 2 aromatic rings. The maximum Gasteiger partial charge on any atom is 0.227 e. The third kappa shape index (κ3) is 1.71. The number of nitrogens with one attached hydrogen (secondary N) is 1. The Morgan fingerprint density at radius 3 is 3.06 bits per heavy atom. The number of fused-ring (bicyclic) bond motifs is 1. The molecule has 16 heavy (non-hydrogen) atoms. The highest BCUT2D eigenvalue weighted by Crippen LogP contribution is 2.30. The second kappa shape index (κ2) is 3.59. The van der Waals surface area contributed by atoms with E-state index in [0.29, 0.717) is 0 Å². The quantitative estimate of drug-likeness (QED) is 0.918. The number of aromatic nitrogens is 2. The van der Waals surface area contributed by atoms with E-state index < -0.39 is 0 Å². The van der Waals surface area contributed by atoms with Crippen molar-refractivity contribution < 1.29 is 4.79 Å². The predicted molar refractivity (Wildman–Crippen MR) is 64.2 cm³/mol. The second-order valence-corrected chi connectivity index (χ2v) is 4.80. The highest BCUT2D eigenvalue weighted by atomic mass is 79.9. The minimum atomic E-state index is 0.121. The molecule has 0 aliphatic heterocycles. The van der Waals surface area contributed by atoms with Crippen molar-refractivity contribution in [3.63, 3.8) is 0 Å². The molecule has 1 fully saturated rings. The summed E-state index contributed by atoms with van der Waals surface area (Å²) in [5.41, 5.74) is 1.67. The molecule has 0 atom stereocenters. The minimum Gasteiger partial charge on any atom is -0.325 e. The fraction of sp³-hybridized carbons (Fsp3) is 0.273. The molecule has 0 radical (unpaired) electrons. The van der Waals surface area contributed by atoms with Gasteiger partial charge in [-0.3, -0.25) is 9.20 Å². The van der Waals surface area contributed by atoms with Gasteiger partial charge in [-0.2, -0.15) is 0 Å². The Morgan fingerprint density at radius 1 is 1.50 bits per heavy atom. The van der Waals surface area contributed by atoms with Crippen LogP contribution in [0.2, 0.25) is 0 Å². The van der Waals surface area contributed by atoms with E-state index in [1.165, 1.54) is 0 Å². The molecule has 1 amide bonds. The molecule has 5 heteroatoms. The van der Waals surface area contributed by atoms with E-state index in [4.69, 9.17) is 0 Å². The van der Waals surface area contributed by atoms with Gasteiger partial charge in [0.1, 0.15) is 10.3 Å². The van der Waals surface area contributed by atoms with E-state index in [9.17, 15) is 4.79 Å². The van der Waals surface area contributed by atoms with Gasteiger partial charge in [0.25, 0.3) is 0 Å². The fourth-order valence-electron chi connectivity index (χ4n) is 1.61. The van der Waals surface area contributed by atoms with Crippen LogP contribution in [0, 0.1) is 5.92 Å². The summed E-state index contributed by atoms with van der Waals surface area (Å²) >= 11 is 3.40. The molecule has 1 N–H and O–H groups in total. The van der Waals surface area contributed by atoms with E-state index in [-0.39, 0.29) is 11.8 Å². The van der Waals surface area contributed by atoms with Crippen molar-refractivity contribution >= 4 is 33.2 Å². The summed E-state index contributed by atoms with van der Waals surface area (Å²) in [6, 6.07) is 3.75. The first-order chi connectivity index (χ1) is 7.74. The van der Waals surface area contributed by atoms with Gasteiger partial charge in [-0.05, 0) is 40.9 Å². The van der Waals surface area contributed by atoms with Gasteiger partial charge in [0, 0.05) is 12.1 Å². The van der Waals surface area contributed by atoms with E-state index in [1.54, 1.807) is 6.20 Å². The molecule has 2 aromatic heterocycles. The summed E-state index contributed by atoms with van der Waals surface area (Å²) in [5, 5.41) is 2.90. The third-order valence-electron chi connectivity index (χ3n) is 2.68. The van der Waals surface area contributed by atoms with Gasteiger partial charge in [-0.25, -0.2) is 4.98 Å². The monoisotopic (exact) mass is 279 g/mol. The lowest BCUT2D eigenvalue weighted by atomic mass is 10.3. The van der Waals surface area contributed by atoms with Gasteiger partial charge < -0.3 is 5.32 Å². The first-order valence-corrected chi connectivity index (χ1v) is 5.97. The van der Waals surface area contributed by atoms with E-state index in [1.807, 2.05) is 22.7 Å². The molecule has 0 aromatic carbocycles. The van der Waals surface area contributed by atoms with Crippen LogP contribution in [0.3, 0.4) is 0 Å². The molecule has 1 saturated carbocycles. The van der Waals surface area contributed by atoms with E-state index >= 15 is 0 Å². The second-order valence-electron chi connectivity index (χ2n) is 3.99. The SMILES string of the molecule is O=C(Nc1ccc2ncc(Br)n2c1)C1CC1. The zero-order valence-electron chi connectivity index (χ0n) is 8.48. The standard InChI is InChI=1S/C11H10BrN3O/c12-9-5-13-10-4-3-8(6-15(9)10)14-11(16)7-1-2-7/h3-7H,1-2H2,(H,14,16). The first-order valence-electron chi connectivity index (χ1n) is 5.17. The summed E-state index contributed by atoms with van der Waals surface area (Å²) in [6.07, 6.45) is 5.64. The van der Waals surface area contributed by atoms with Crippen LogP contribution in [0.4, 0.5) is 5.69 Å². The van der Waals surface area contributed by atoms with Crippen molar-refractivity contribution in [3.05, 3.63) is 29.1 Å². The number of pyridine rings is 1. The molecule has 3 rings (SSSR count). The van der Waals surface area contributed by atoms with Crippen LogP contribution in [0.1, 0.15) is 12.8 Å². The average Bonchev–Trinajstić information content (AvgIpc) is 3.06. The molecular weight excluding hydrogens is 270 g/mol. The maximum absolute atomic E-state index is 11.6. The van der Waals surface area contributed by atoms with Gasteiger partial charge in [0.15, 0.2) is 0 Å². The van der Waals surface area contributed by atoms with Crippen molar-refractivity contribution in [1.82, 2.24) is 9.38 Å².